The van der Waals surface area contributed by atoms with Crippen LogP contribution in [0.5, 0.6) is 0 Å². The number of halogens is 2. The van der Waals surface area contributed by atoms with Gasteiger partial charge in [-0.3, -0.25) is 5.32 Å². The van der Waals surface area contributed by atoms with Gasteiger partial charge in [0.25, 0.3) is 0 Å². The molecule has 0 bridgehead atoms. The molecule has 22 heavy (non-hydrogen) atoms. The van der Waals surface area contributed by atoms with Crippen molar-refractivity contribution in [3.8, 4) is 0 Å². The maximum absolute atomic E-state index is 14.1. The lowest BCUT2D eigenvalue weighted by molar-refractivity contribution is 0.402. The van der Waals surface area contributed by atoms with Crippen molar-refractivity contribution < 1.29 is 8.78 Å². The zero-order valence-corrected chi connectivity index (χ0v) is 12.3. The van der Waals surface area contributed by atoms with Crippen LogP contribution in [-0.2, 0) is 0 Å². The molecule has 0 spiro atoms. The monoisotopic (exact) mass is 305 g/mol. The van der Waals surface area contributed by atoms with Crippen molar-refractivity contribution in [3.63, 3.8) is 0 Å². The normalized spacial score (nSPS) is 21.3. The van der Waals surface area contributed by atoms with Crippen molar-refractivity contribution in [2.75, 3.05) is 18.1 Å². The van der Waals surface area contributed by atoms with Gasteiger partial charge < -0.3 is 11.1 Å². The molecule has 2 heterocycles. The average Bonchev–Trinajstić information content (AvgIpc) is 2.89. The van der Waals surface area contributed by atoms with Crippen LogP contribution in [0.4, 0.5) is 20.3 Å². The standard InChI is InChI=1S/C15H17F2N5/c1-9(11-7-10(16)3-4-12(11)17)15(19-2)5-6-22-14(21-15)13(18)8-20-22/h3-9,19,21H,18H2,1-2H3. The first kappa shape index (κ1) is 14.5. The molecule has 1 aliphatic heterocycles. The summed E-state index contributed by atoms with van der Waals surface area (Å²) in [7, 11) is 1.74. The minimum atomic E-state index is -0.807. The number of nitrogen functional groups attached to an aromatic ring is 1. The van der Waals surface area contributed by atoms with E-state index in [9.17, 15) is 8.78 Å². The number of rotatable bonds is 3. The third kappa shape index (κ3) is 2.14. The second kappa shape index (κ2) is 5.10. The van der Waals surface area contributed by atoms with Gasteiger partial charge in [0.15, 0.2) is 5.82 Å². The minimum Gasteiger partial charge on any atom is -0.394 e. The lowest BCUT2D eigenvalue weighted by Crippen LogP contribution is -2.54. The van der Waals surface area contributed by atoms with E-state index in [0.29, 0.717) is 11.5 Å². The van der Waals surface area contributed by atoms with Crippen molar-refractivity contribution in [2.24, 2.45) is 0 Å². The number of anilines is 2. The molecule has 3 rings (SSSR count). The van der Waals surface area contributed by atoms with E-state index in [1.54, 1.807) is 17.9 Å². The molecule has 7 heteroatoms. The molecule has 116 valence electrons. The van der Waals surface area contributed by atoms with E-state index in [-0.39, 0.29) is 5.56 Å². The number of aromatic nitrogens is 2. The Morgan fingerprint density at radius 2 is 2.18 bits per heavy atom. The summed E-state index contributed by atoms with van der Waals surface area (Å²) < 4.78 is 29.2. The summed E-state index contributed by atoms with van der Waals surface area (Å²) in [5.41, 5.74) is 5.84. The molecule has 0 saturated heterocycles. The molecule has 0 saturated carbocycles. The number of fused-ring (bicyclic) bond motifs is 1. The number of nitrogens with two attached hydrogens (primary N) is 1. The number of hydrogen-bond acceptors (Lipinski definition) is 4. The van der Waals surface area contributed by atoms with Gasteiger partial charge in [0.2, 0.25) is 0 Å². The Labute approximate surface area is 126 Å². The van der Waals surface area contributed by atoms with Crippen LogP contribution in [-0.4, -0.2) is 22.5 Å². The first-order valence-electron chi connectivity index (χ1n) is 6.91. The maximum Gasteiger partial charge on any atom is 0.154 e. The van der Waals surface area contributed by atoms with Gasteiger partial charge in [0.1, 0.15) is 17.3 Å². The Balaban J connectivity index is 2.04. The van der Waals surface area contributed by atoms with Gasteiger partial charge in [0, 0.05) is 12.1 Å². The Bertz CT molecular complexity index is 740. The second-order valence-corrected chi connectivity index (χ2v) is 5.34. The van der Waals surface area contributed by atoms with Crippen LogP contribution in [0, 0.1) is 11.6 Å². The number of likely N-dealkylation sites (N-methyl/N-ethyl adjacent to an activating group) is 1. The molecular weight excluding hydrogens is 288 g/mol. The van der Waals surface area contributed by atoms with Gasteiger partial charge in [0.05, 0.1) is 11.9 Å². The predicted molar refractivity (Wildman–Crippen MR) is 82.2 cm³/mol. The molecule has 0 amide bonds. The molecule has 2 unspecified atom stereocenters. The summed E-state index contributed by atoms with van der Waals surface area (Å²) in [5.74, 6) is -0.711. The highest BCUT2D eigenvalue weighted by Gasteiger charge is 2.38. The van der Waals surface area contributed by atoms with Gasteiger partial charge in [-0.2, -0.15) is 5.10 Å². The zero-order chi connectivity index (χ0) is 15.9. The van der Waals surface area contributed by atoms with E-state index in [2.05, 4.69) is 15.7 Å². The largest absolute Gasteiger partial charge is 0.394 e. The minimum absolute atomic E-state index is 0.276. The number of benzene rings is 1. The van der Waals surface area contributed by atoms with Crippen molar-refractivity contribution in [3.05, 3.63) is 47.7 Å². The second-order valence-electron chi connectivity index (χ2n) is 5.34. The number of hydrogen-bond donors (Lipinski definition) is 3. The smallest absolute Gasteiger partial charge is 0.154 e. The molecule has 0 radical (unpaired) electrons. The van der Waals surface area contributed by atoms with E-state index in [4.69, 9.17) is 5.73 Å². The van der Waals surface area contributed by atoms with E-state index in [1.165, 1.54) is 12.3 Å². The molecule has 1 aliphatic rings. The first-order chi connectivity index (χ1) is 10.5. The number of nitrogens with one attached hydrogen (secondary N) is 2. The Morgan fingerprint density at radius 1 is 1.41 bits per heavy atom. The highest BCUT2D eigenvalue weighted by Crippen LogP contribution is 2.36. The van der Waals surface area contributed by atoms with Crippen LogP contribution in [0.2, 0.25) is 0 Å². The highest BCUT2D eigenvalue weighted by molar-refractivity contribution is 5.68. The zero-order valence-electron chi connectivity index (χ0n) is 12.3. The molecule has 2 atom stereocenters. The summed E-state index contributed by atoms with van der Waals surface area (Å²) in [6, 6.07) is 3.45. The quantitative estimate of drug-likeness (QED) is 0.814. The summed E-state index contributed by atoms with van der Waals surface area (Å²) in [6.45, 7) is 1.81. The van der Waals surface area contributed by atoms with E-state index >= 15 is 0 Å². The molecule has 1 aromatic heterocycles. The van der Waals surface area contributed by atoms with Gasteiger partial charge in [-0.05, 0) is 36.9 Å². The lowest BCUT2D eigenvalue weighted by atomic mass is 9.86. The topological polar surface area (TPSA) is 67.9 Å². The van der Waals surface area contributed by atoms with E-state index in [1.807, 2.05) is 13.0 Å². The third-order valence-corrected chi connectivity index (χ3v) is 4.15. The van der Waals surface area contributed by atoms with Gasteiger partial charge in [-0.25, -0.2) is 13.5 Å². The van der Waals surface area contributed by atoms with E-state index in [0.717, 1.165) is 12.1 Å². The third-order valence-electron chi connectivity index (χ3n) is 4.15. The molecule has 5 nitrogen and oxygen atoms in total. The lowest BCUT2D eigenvalue weighted by Gasteiger charge is -2.40. The SMILES string of the molecule is CNC1(C(C)c2cc(F)ccc2F)C=Cn2ncc(N)c2N1. The summed E-state index contributed by atoms with van der Waals surface area (Å²) in [4.78, 5) is 0. The molecule has 2 aromatic rings. The Kier molecular flexibility index (Phi) is 3.37. The van der Waals surface area contributed by atoms with Crippen molar-refractivity contribution in [2.45, 2.75) is 18.5 Å². The fourth-order valence-corrected chi connectivity index (χ4v) is 2.75. The fraction of sp³-hybridized carbons (Fsp3) is 0.267. The van der Waals surface area contributed by atoms with Crippen LogP contribution in [0.1, 0.15) is 18.4 Å². The van der Waals surface area contributed by atoms with Crippen molar-refractivity contribution in [1.29, 1.82) is 0 Å². The highest BCUT2D eigenvalue weighted by atomic mass is 19.1. The average molecular weight is 305 g/mol. The molecule has 0 fully saturated rings. The van der Waals surface area contributed by atoms with Crippen molar-refractivity contribution >= 4 is 17.7 Å². The van der Waals surface area contributed by atoms with Gasteiger partial charge in [-0.1, -0.05) is 6.92 Å². The Morgan fingerprint density at radius 3 is 2.91 bits per heavy atom. The van der Waals surface area contributed by atoms with Crippen LogP contribution in [0.3, 0.4) is 0 Å². The van der Waals surface area contributed by atoms with Crippen molar-refractivity contribution in [1.82, 2.24) is 15.1 Å². The molecule has 1 aromatic carbocycles. The van der Waals surface area contributed by atoms with Gasteiger partial charge in [-0.15, -0.1) is 0 Å². The molecule has 0 aliphatic carbocycles. The van der Waals surface area contributed by atoms with Crippen LogP contribution in [0.25, 0.3) is 6.20 Å². The first-order valence-corrected chi connectivity index (χ1v) is 6.91. The molecule has 4 N–H and O–H groups in total. The number of nitrogens with zero attached hydrogens (tertiary/aromatic N) is 2. The van der Waals surface area contributed by atoms with Crippen LogP contribution >= 0.6 is 0 Å². The summed E-state index contributed by atoms with van der Waals surface area (Å²) >= 11 is 0. The maximum atomic E-state index is 14.1. The molecular formula is C15H17F2N5. The van der Waals surface area contributed by atoms with E-state index < -0.39 is 23.2 Å². The Hall–Kier alpha value is -2.41. The summed E-state index contributed by atoms with van der Waals surface area (Å²) in [5, 5.41) is 10.5. The van der Waals surface area contributed by atoms with Crippen LogP contribution < -0.4 is 16.4 Å². The predicted octanol–water partition coefficient (Wildman–Crippen LogP) is 2.36. The summed E-state index contributed by atoms with van der Waals surface area (Å²) in [6.07, 6.45) is 5.10. The van der Waals surface area contributed by atoms with Gasteiger partial charge >= 0.3 is 0 Å². The van der Waals surface area contributed by atoms with Crippen LogP contribution in [0.15, 0.2) is 30.5 Å². The fourth-order valence-electron chi connectivity index (χ4n) is 2.75.